The SMILES string of the molecule is O.O.OB1OB(O)O[B-]2(O1)OB(O)OB(O)O2.[NH4+]. The fourth-order valence-electron chi connectivity index (χ4n) is 1.09. The second-order valence-electron chi connectivity index (χ2n) is 2.62. The summed E-state index contributed by atoms with van der Waals surface area (Å²) in [6.07, 6.45) is 0. The van der Waals surface area contributed by atoms with Crippen LogP contribution in [0.4, 0.5) is 0 Å². The summed E-state index contributed by atoms with van der Waals surface area (Å²) in [6, 6.07) is 0. The van der Waals surface area contributed by atoms with Crippen molar-refractivity contribution in [3.63, 3.8) is 0 Å². The van der Waals surface area contributed by atoms with Gasteiger partial charge in [0.1, 0.15) is 0 Å². The Morgan fingerprint density at radius 3 is 1.06 bits per heavy atom. The van der Waals surface area contributed by atoms with Crippen molar-refractivity contribution in [2.24, 2.45) is 0 Å². The van der Waals surface area contributed by atoms with Crippen LogP contribution >= 0.6 is 0 Å². The lowest BCUT2D eigenvalue weighted by Gasteiger charge is -2.49. The van der Waals surface area contributed by atoms with Gasteiger partial charge >= 0.3 is 36.2 Å². The van der Waals surface area contributed by atoms with Gasteiger partial charge in [-0.2, -0.15) is 0 Å². The zero-order chi connectivity index (χ0) is 11.1. The molecule has 18 heteroatoms. The average molecular weight is 272 g/mol. The van der Waals surface area contributed by atoms with Gasteiger partial charge in [0, 0.05) is 0 Å². The quantitative estimate of drug-likeness (QED) is 0.261. The first kappa shape index (κ1) is 20.1. The molecule has 0 amide bonds. The first-order valence-electron chi connectivity index (χ1n) is 3.86. The second kappa shape index (κ2) is 7.41. The lowest BCUT2D eigenvalue weighted by Crippen LogP contribution is -2.69. The molecule has 12 N–H and O–H groups in total. The van der Waals surface area contributed by atoms with Crippen LogP contribution in [0.2, 0.25) is 0 Å². The van der Waals surface area contributed by atoms with Crippen LogP contribution in [0.3, 0.4) is 0 Å². The van der Waals surface area contributed by atoms with Crippen LogP contribution in [0.25, 0.3) is 0 Å². The van der Waals surface area contributed by atoms with Gasteiger partial charge in [-0.25, -0.2) is 0 Å². The van der Waals surface area contributed by atoms with Crippen molar-refractivity contribution >= 4 is 36.2 Å². The van der Waals surface area contributed by atoms with Crippen molar-refractivity contribution in [3.05, 3.63) is 0 Å². The minimum Gasteiger partial charge on any atom is -0.539 e. The Labute approximate surface area is 102 Å². The van der Waals surface area contributed by atoms with E-state index in [4.69, 9.17) is 20.1 Å². The largest absolute Gasteiger partial charge is 0.582 e. The van der Waals surface area contributed by atoms with Gasteiger partial charge in [0.15, 0.2) is 0 Å². The standard InChI is InChI=1S/B5H4O10.H3N.2H2O/c6-1-10-2(7)13-5(12-1)14-3(8)11-4(9)15-5;;;/h6-9H;1H3;2*1H2/q-1;;;/p+1. The molecule has 2 aliphatic heterocycles. The van der Waals surface area contributed by atoms with Gasteiger partial charge in [-0.1, -0.05) is 0 Å². The zero-order valence-electron chi connectivity index (χ0n) is 9.13. The monoisotopic (exact) mass is 273 g/mol. The summed E-state index contributed by atoms with van der Waals surface area (Å²) in [7, 11) is -7.59. The van der Waals surface area contributed by atoms with Crippen LogP contribution < -0.4 is 6.15 Å². The molecule has 2 fully saturated rings. The molecule has 0 saturated carbocycles. The van der Waals surface area contributed by atoms with E-state index in [1.165, 1.54) is 0 Å². The molecule has 0 unspecified atom stereocenters. The van der Waals surface area contributed by atoms with Crippen molar-refractivity contribution in [1.29, 1.82) is 0 Å². The van der Waals surface area contributed by atoms with E-state index in [2.05, 4.69) is 27.4 Å². The Balaban J connectivity index is 0. The van der Waals surface area contributed by atoms with E-state index in [9.17, 15) is 0 Å². The maximum absolute atomic E-state index is 8.94. The third-order valence-corrected chi connectivity index (χ3v) is 1.60. The number of quaternary nitrogens is 1. The predicted octanol–water partition coefficient (Wildman–Crippen LogP) is -5.82. The van der Waals surface area contributed by atoms with Crippen molar-refractivity contribution in [2.75, 3.05) is 0 Å². The number of hydrogen-bond acceptors (Lipinski definition) is 10. The minimum absolute atomic E-state index is 0. The molecule has 0 aromatic rings. The summed E-state index contributed by atoms with van der Waals surface area (Å²) < 4.78 is 26.4. The number of rotatable bonds is 0. The lowest BCUT2D eigenvalue weighted by atomic mass is 9.84. The maximum Gasteiger partial charge on any atom is 0.582 e. The van der Waals surface area contributed by atoms with E-state index >= 15 is 0 Å². The average Bonchev–Trinajstić information content (AvgIpc) is 1.96. The normalized spacial score (nSPS) is 22.0. The number of hydrogen-bond donors (Lipinski definition) is 5. The highest BCUT2D eigenvalue weighted by Crippen LogP contribution is 2.23. The molecule has 2 aliphatic rings. The molecule has 2 heterocycles. The van der Waals surface area contributed by atoms with E-state index < -0.39 is 36.2 Å². The third kappa shape index (κ3) is 4.48. The Kier molecular flexibility index (Phi) is 8.28. The lowest BCUT2D eigenvalue weighted by molar-refractivity contribution is 0.0156. The fourth-order valence-corrected chi connectivity index (χ4v) is 1.09. The van der Waals surface area contributed by atoms with Crippen LogP contribution in [-0.2, 0) is 27.4 Å². The predicted molar refractivity (Wildman–Crippen MR) is 57.4 cm³/mol. The summed E-state index contributed by atoms with van der Waals surface area (Å²) >= 11 is 0. The van der Waals surface area contributed by atoms with Gasteiger partial charge in [-0.3, -0.25) is 0 Å². The molecule has 13 nitrogen and oxygen atoms in total. The van der Waals surface area contributed by atoms with Crippen LogP contribution in [0.1, 0.15) is 0 Å². The zero-order valence-corrected chi connectivity index (χ0v) is 9.13. The summed E-state index contributed by atoms with van der Waals surface area (Å²) in [5.74, 6) is 0. The van der Waals surface area contributed by atoms with Crippen LogP contribution in [-0.4, -0.2) is 67.3 Å². The molecule has 18 heavy (non-hydrogen) atoms. The molecule has 0 bridgehead atoms. The molecule has 0 atom stereocenters. The highest BCUT2D eigenvalue weighted by molar-refractivity contribution is 6.81. The Hall–Kier alpha value is -0.195. The highest BCUT2D eigenvalue weighted by atomic mass is 17.0. The summed E-state index contributed by atoms with van der Waals surface area (Å²) in [5.41, 5.74) is 0. The Morgan fingerprint density at radius 2 is 0.833 bits per heavy atom. The van der Waals surface area contributed by atoms with Crippen LogP contribution in [0.5, 0.6) is 0 Å². The molecule has 104 valence electrons. The summed E-state index contributed by atoms with van der Waals surface area (Å²) in [4.78, 5) is 0. The molecule has 0 aromatic heterocycles. The molecule has 2 rings (SSSR count). The van der Waals surface area contributed by atoms with E-state index in [0.717, 1.165) is 0 Å². The summed E-state index contributed by atoms with van der Waals surface area (Å²) in [5, 5.41) is 35.7. The Morgan fingerprint density at radius 1 is 0.611 bits per heavy atom. The Bertz CT molecular complexity index is 191. The third-order valence-electron chi connectivity index (χ3n) is 1.60. The van der Waals surface area contributed by atoms with Gasteiger partial charge in [-0.15, -0.1) is 0 Å². The molecular formula is H12B5NO12. The van der Waals surface area contributed by atoms with Crippen LogP contribution in [0.15, 0.2) is 0 Å². The molecular weight excluding hydrogens is 260 g/mol. The molecule has 2 saturated heterocycles. The molecule has 0 radical (unpaired) electrons. The maximum atomic E-state index is 8.94. The van der Waals surface area contributed by atoms with Crippen molar-refractivity contribution < 1.29 is 58.5 Å². The van der Waals surface area contributed by atoms with E-state index in [1.54, 1.807) is 0 Å². The molecule has 0 aliphatic carbocycles. The van der Waals surface area contributed by atoms with Crippen molar-refractivity contribution in [1.82, 2.24) is 6.15 Å². The first-order chi connectivity index (χ1) is 6.99. The molecule has 0 aromatic carbocycles. The van der Waals surface area contributed by atoms with Gasteiger partial charge in [0.05, 0.1) is 0 Å². The highest BCUT2D eigenvalue weighted by Gasteiger charge is 2.53. The van der Waals surface area contributed by atoms with Gasteiger partial charge in [0.25, 0.3) is 0 Å². The van der Waals surface area contributed by atoms with Crippen LogP contribution in [0, 0.1) is 0 Å². The fraction of sp³-hybridized carbons (Fsp3) is 0. The van der Waals surface area contributed by atoms with Crippen molar-refractivity contribution in [3.8, 4) is 0 Å². The van der Waals surface area contributed by atoms with E-state index in [-0.39, 0.29) is 17.1 Å². The van der Waals surface area contributed by atoms with E-state index in [1.807, 2.05) is 0 Å². The van der Waals surface area contributed by atoms with Gasteiger partial charge < -0.3 is 64.6 Å². The van der Waals surface area contributed by atoms with Gasteiger partial charge in [0.2, 0.25) is 0 Å². The van der Waals surface area contributed by atoms with Crippen molar-refractivity contribution in [2.45, 2.75) is 0 Å². The molecule has 1 spiro atoms. The first-order valence-corrected chi connectivity index (χ1v) is 3.86. The minimum atomic E-state index is -3.21. The van der Waals surface area contributed by atoms with Gasteiger partial charge in [-0.05, 0) is 0 Å². The smallest absolute Gasteiger partial charge is 0.539 e. The topological polar surface area (TPSA) is 236 Å². The second-order valence-corrected chi connectivity index (χ2v) is 2.62. The van der Waals surface area contributed by atoms with E-state index in [0.29, 0.717) is 0 Å². The summed E-state index contributed by atoms with van der Waals surface area (Å²) in [6.45, 7) is -3.21.